The van der Waals surface area contributed by atoms with Crippen LogP contribution in [0.1, 0.15) is 37.5 Å². The zero-order valence-corrected chi connectivity index (χ0v) is 12.9. The van der Waals surface area contributed by atoms with Crippen molar-refractivity contribution in [1.82, 2.24) is 5.16 Å². The highest BCUT2D eigenvalue weighted by molar-refractivity contribution is 5.89. The van der Waals surface area contributed by atoms with Crippen LogP contribution in [0.2, 0.25) is 0 Å². The van der Waals surface area contributed by atoms with Gasteiger partial charge in [0, 0.05) is 5.56 Å². The first-order valence-electron chi connectivity index (χ1n) is 8.10. The van der Waals surface area contributed by atoms with Crippen LogP contribution in [-0.4, -0.2) is 35.6 Å². The lowest BCUT2D eigenvalue weighted by molar-refractivity contribution is -0.0467. The van der Waals surface area contributed by atoms with Crippen LogP contribution in [-0.2, 0) is 9.47 Å². The van der Waals surface area contributed by atoms with E-state index in [1.807, 2.05) is 0 Å². The maximum atomic E-state index is 14.3. The predicted octanol–water partition coefficient (Wildman–Crippen LogP) is 2.87. The number of nitrogens with one attached hydrogen (secondary N) is 1. The molecule has 2 aliphatic rings. The minimum absolute atomic E-state index is 0.0204. The predicted molar refractivity (Wildman–Crippen MR) is 80.5 cm³/mol. The van der Waals surface area contributed by atoms with E-state index in [1.54, 1.807) is 0 Å². The van der Waals surface area contributed by atoms with Gasteiger partial charge in [-0.3, -0.25) is 0 Å². The first kappa shape index (κ1) is 15.7. The first-order valence-corrected chi connectivity index (χ1v) is 8.10. The van der Waals surface area contributed by atoms with Gasteiger partial charge in [0.05, 0.1) is 30.7 Å². The third kappa shape index (κ3) is 2.64. The van der Waals surface area contributed by atoms with Gasteiger partial charge < -0.3 is 24.4 Å². The van der Waals surface area contributed by atoms with Crippen molar-refractivity contribution in [2.45, 2.75) is 44.1 Å². The Kier molecular flexibility index (Phi) is 4.11. The molecule has 2 fully saturated rings. The number of fused-ring (bicyclic) bond motifs is 1. The average Bonchev–Trinajstić information content (AvgIpc) is 3.23. The van der Waals surface area contributed by atoms with Gasteiger partial charge in [0.15, 0.2) is 17.9 Å². The van der Waals surface area contributed by atoms with Crippen LogP contribution in [0, 0.1) is 11.6 Å². The van der Waals surface area contributed by atoms with Crippen LogP contribution in [0.5, 0.6) is 0 Å². The van der Waals surface area contributed by atoms with Crippen molar-refractivity contribution in [2.24, 2.45) is 0 Å². The Morgan fingerprint density at radius 3 is 2.62 bits per heavy atom. The molecule has 2 atom stereocenters. The van der Waals surface area contributed by atoms with Crippen LogP contribution >= 0.6 is 0 Å². The zero-order valence-electron chi connectivity index (χ0n) is 12.9. The number of benzene rings is 1. The van der Waals surface area contributed by atoms with Crippen LogP contribution in [0.3, 0.4) is 0 Å². The van der Waals surface area contributed by atoms with Crippen molar-refractivity contribution >= 4 is 16.8 Å². The Morgan fingerprint density at radius 1 is 1.12 bits per heavy atom. The molecule has 6 nitrogen and oxygen atoms in total. The molecule has 8 heteroatoms. The van der Waals surface area contributed by atoms with Gasteiger partial charge >= 0.3 is 0 Å². The van der Waals surface area contributed by atoms with Crippen LogP contribution in [0.15, 0.2) is 10.6 Å². The summed E-state index contributed by atoms with van der Waals surface area (Å²) in [6.45, 7) is 0.652. The zero-order chi connectivity index (χ0) is 16.7. The fourth-order valence-corrected chi connectivity index (χ4v) is 3.30. The molecular formula is C16H18F2N2O4. The second-order valence-corrected chi connectivity index (χ2v) is 6.18. The fraction of sp³-hybridized carbons (Fsp3) is 0.562. The molecule has 1 aromatic heterocycles. The van der Waals surface area contributed by atoms with E-state index in [0.717, 1.165) is 19.3 Å². The molecule has 1 saturated heterocycles. The molecule has 1 saturated carbocycles. The van der Waals surface area contributed by atoms with E-state index >= 15 is 0 Å². The molecule has 2 N–H and O–H groups in total. The van der Waals surface area contributed by atoms with Gasteiger partial charge in [0.25, 0.3) is 0 Å². The molecule has 0 radical (unpaired) electrons. The topological polar surface area (TPSA) is 76.8 Å². The molecule has 0 unspecified atom stereocenters. The first-order chi connectivity index (χ1) is 11.6. The molecule has 0 amide bonds. The number of aliphatic hydroxyl groups excluding tert-OH is 1. The van der Waals surface area contributed by atoms with Gasteiger partial charge in [-0.2, -0.15) is 4.39 Å². The van der Waals surface area contributed by atoms with Gasteiger partial charge in [-0.05, 0) is 18.9 Å². The van der Waals surface area contributed by atoms with Crippen molar-refractivity contribution in [1.29, 1.82) is 0 Å². The monoisotopic (exact) mass is 340 g/mol. The summed E-state index contributed by atoms with van der Waals surface area (Å²) < 4.78 is 44.0. The van der Waals surface area contributed by atoms with E-state index < -0.39 is 24.0 Å². The van der Waals surface area contributed by atoms with Gasteiger partial charge in [-0.25, -0.2) is 4.39 Å². The van der Waals surface area contributed by atoms with Crippen molar-refractivity contribution in [3.63, 3.8) is 0 Å². The minimum atomic E-state index is -1.12. The Balaban J connectivity index is 1.71. The summed E-state index contributed by atoms with van der Waals surface area (Å²) in [5, 5.41) is 17.3. The van der Waals surface area contributed by atoms with Gasteiger partial charge in [-0.15, -0.1) is 0 Å². The van der Waals surface area contributed by atoms with Crippen molar-refractivity contribution in [3.05, 3.63) is 23.3 Å². The molecule has 1 aliphatic carbocycles. The summed E-state index contributed by atoms with van der Waals surface area (Å²) in [4.78, 5) is 0. The standard InChI is InChI=1S/C16H18F2N2O4/c17-12-8(16-22-5-6-23-16)7-9-14(13(12)18)24-20-15(9)19-10-3-1-2-4-11(10)21/h7,10-11,16,21H,1-6H2,(H,19,20)/t10-,11-/m1/s1. The van der Waals surface area contributed by atoms with Gasteiger partial charge in [-0.1, -0.05) is 18.0 Å². The Hall–Kier alpha value is -1.77. The summed E-state index contributed by atoms with van der Waals surface area (Å²) in [7, 11) is 0. The number of aromatic nitrogens is 1. The molecule has 4 rings (SSSR count). The third-order valence-corrected chi connectivity index (χ3v) is 4.60. The largest absolute Gasteiger partial charge is 0.391 e. The number of nitrogens with zero attached hydrogens (tertiary/aromatic N) is 1. The quantitative estimate of drug-likeness (QED) is 0.895. The molecule has 130 valence electrons. The maximum Gasteiger partial charge on any atom is 0.207 e. The average molecular weight is 340 g/mol. The number of ether oxygens (including phenoxy) is 2. The second kappa shape index (κ2) is 6.27. The summed E-state index contributed by atoms with van der Waals surface area (Å²) >= 11 is 0. The summed E-state index contributed by atoms with van der Waals surface area (Å²) in [6.07, 6.45) is 2.00. The Morgan fingerprint density at radius 2 is 1.88 bits per heavy atom. The van der Waals surface area contributed by atoms with E-state index in [1.165, 1.54) is 6.07 Å². The van der Waals surface area contributed by atoms with Crippen LogP contribution in [0.4, 0.5) is 14.6 Å². The van der Waals surface area contributed by atoms with Crippen LogP contribution in [0.25, 0.3) is 11.0 Å². The minimum Gasteiger partial charge on any atom is -0.391 e. The van der Waals surface area contributed by atoms with Crippen molar-refractivity contribution in [2.75, 3.05) is 18.5 Å². The highest BCUT2D eigenvalue weighted by Crippen LogP contribution is 2.35. The maximum absolute atomic E-state index is 14.3. The molecule has 1 aliphatic heterocycles. The number of halogens is 2. The van der Waals surface area contributed by atoms with E-state index in [0.29, 0.717) is 25.0 Å². The Labute approximate surface area is 136 Å². The molecule has 1 aromatic carbocycles. The number of hydrogen-bond acceptors (Lipinski definition) is 6. The molecular weight excluding hydrogens is 322 g/mol. The normalized spacial score (nSPS) is 25.5. The fourth-order valence-electron chi connectivity index (χ4n) is 3.30. The van der Waals surface area contributed by atoms with Gasteiger partial charge in [0.2, 0.25) is 11.4 Å². The molecule has 0 bridgehead atoms. The van der Waals surface area contributed by atoms with Crippen molar-refractivity contribution in [3.8, 4) is 0 Å². The molecule has 2 aromatic rings. The highest BCUT2D eigenvalue weighted by atomic mass is 19.2. The van der Waals surface area contributed by atoms with E-state index in [2.05, 4.69) is 10.5 Å². The second-order valence-electron chi connectivity index (χ2n) is 6.18. The van der Waals surface area contributed by atoms with E-state index in [-0.39, 0.29) is 23.0 Å². The molecule has 2 heterocycles. The molecule has 24 heavy (non-hydrogen) atoms. The number of hydrogen-bond donors (Lipinski definition) is 2. The van der Waals surface area contributed by atoms with Gasteiger partial charge in [0.1, 0.15) is 0 Å². The lowest BCUT2D eigenvalue weighted by atomic mass is 9.92. The smallest absolute Gasteiger partial charge is 0.207 e. The number of rotatable bonds is 3. The van der Waals surface area contributed by atoms with E-state index in [9.17, 15) is 13.9 Å². The molecule has 0 spiro atoms. The lowest BCUT2D eigenvalue weighted by Gasteiger charge is -2.28. The summed E-state index contributed by atoms with van der Waals surface area (Å²) in [6, 6.07) is 1.24. The number of aliphatic hydroxyl groups is 1. The third-order valence-electron chi connectivity index (χ3n) is 4.60. The summed E-state index contributed by atoms with van der Waals surface area (Å²) in [5.74, 6) is -1.89. The Bertz CT molecular complexity index is 745. The SMILES string of the molecule is O[C@@H]1CCCC[C@H]1Nc1noc2c(F)c(F)c(C3OCCO3)cc12. The summed E-state index contributed by atoms with van der Waals surface area (Å²) in [5.41, 5.74) is -0.282. The number of anilines is 1. The van der Waals surface area contributed by atoms with E-state index in [4.69, 9.17) is 14.0 Å². The van der Waals surface area contributed by atoms with Crippen molar-refractivity contribution < 1.29 is 27.9 Å². The highest BCUT2D eigenvalue weighted by Gasteiger charge is 2.30. The lowest BCUT2D eigenvalue weighted by Crippen LogP contribution is -2.36. The van der Waals surface area contributed by atoms with Crippen LogP contribution < -0.4 is 5.32 Å².